The second-order valence-electron chi connectivity index (χ2n) is 5.31. The molecule has 0 fully saturated rings. The van der Waals surface area contributed by atoms with Gasteiger partial charge in [-0.1, -0.05) is 34.5 Å². The Morgan fingerprint density at radius 1 is 1.21 bits per heavy atom. The van der Waals surface area contributed by atoms with Gasteiger partial charge in [-0.2, -0.15) is 0 Å². The molecule has 2 rings (SSSR count). The van der Waals surface area contributed by atoms with Crippen LogP contribution in [0.5, 0.6) is 0 Å². The maximum absolute atomic E-state index is 4.95. The van der Waals surface area contributed by atoms with E-state index in [1.807, 2.05) is 0 Å². The number of hydrogen-bond donors (Lipinski definition) is 0. The van der Waals surface area contributed by atoms with Crippen molar-refractivity contribution >= 4 is 15.9 Å². The predicted molar refractivity (Wildman–Crippen MR) is 85.8 cm³/mol. The second-order valence-corrected chi connectivity index (χ2v) is 6.33. The fourth-order valence-corrected chi connectivity index (χ4v) is 3.05. The molecule has 1 radical (unpaired) electrons. The highest BCUT2D eigenvalue weighted by atomic mass is 79.9. The summed E-state index contributed by atoms with van der Waals surface area (Å²) in [5, 5.41) is 4.95. The van der Waals surface area contributed by atoms with Crippen LogP contribution in [0.3, 0.4) is 0 Å². The number of allylic oxidation sites excluding steroid dienone is 8. The largest absolute Gasteiger partial charge is 0.252 e. The smallest absolute Gasteiger partial charge is 0.0665 e. The Labute approximate surface area is 125 Å². The van der Waals surface area contributed by atoms with Gasteiger partial charge in [0.2, 0.25) is 0 Å². The van der Waals surface area contributed by atoms with Gasteiger partial charge in [0.05, 0.1) is 11.4 Å². The van der Waals surface area contributed by atoms with Crippen LogP contribution in [0.2, 0.25) is 0 Å². The molecule has 0 saturated heterocycles. The Morgan fingerprint density at radius 3 is 2.42 bits per heavy atom. The van der Waals surface area contributed by atoms with Gasteiger partial charge < -0.3 is 0 Å². The molecule has 2 aliphatic carbocycles. The van der Waals surface area contributed by atoms with Gasteiger partial charge in [-0.05, 0) is 61.0 Å². The molecule has 1 unspecified atom stereocenters. The zero-order valence-corrected chi connectivity index (χ0v) is 13.9. The molecule has 1 nitrogen and oxygen atoms in total. The molecule has 0 bridgehead atoms. The second kappa shape index (κ2) is 5.54. The highest BCUT2D eigenvalue weighted by molar-refractivity contribution is 9.11. The van der Waals surface area contributed by atoms with Gasteiger partial charge >= 0.3 is 0 Å². The number of rotatable bonds is 2. The van der Waals surface area contributed by atoms with Gasteiger partial charge in [0, 0.05) is 12.3 Å². The van der Waals surface area contributed by atoms with E-state index in [2.05, 4.69) is 68.8 Å². The van der Waals surface area contributed by atoms with Crippen molar-refractivity contribution in [3.8, 4) is 0 Å². The highest BCUT2D eigenvalue weighted by Crippen LogP contribution is 2.38. The predicted octanol–water partition coefficient (Wildman–Crippen LogP) is 5.36. The van der Waals surface area contributed by atoms with E-state index in [4.69, 9.17) is 5.32 Å². The average molecular weight is 319 g/mol. The van der Waals surface area contributed by atoms with E-state index < -0.39 is 0 Å². The fraction of sp³-hybridized carbons (Fsp3) is 0.412. The van der Waals surface area contributed by atoms with Crippen LogP contribution in [0.4, 0.5) is 0 Å². The highest BCUT2D eigenvalue weighted by Gasteiger charge is 2.26. The van der Waals surface area contributed by atoms with Crippen molar-refractivity contribution < 1.29 is 0 Å². The Bertz CT molecular complexity index is 556. The lowest BCUT2D eigenvalue weighted by Crippen LogP contribution is -2.14. The summed E-state index contributed by atoms with van der Waals surface area (Å²) in [5.41, 5.74) is 7.83. The Morgan fingerprint density at radius 2 is 1.89 bits per heavy atom. The monoisotopic (exact) mass is 318 g/mol. The first-order valence-electron chi connectivity index (χ1n) is 6.77. The van der Waals surface area contributed by atoms with Gasteiger partial charge in [0.1, 0.15) is 0 Å². The lowest BCUT2D eigenvalue weighted by atomic mass is 10.00. The van der Waals surface area contributed by atoms with Crippen molar-refractivity contribution in [2.75, 3.05) is 0 Å². The Hall–Kier alpha value is -1.02. The summed E-state index contributed by atoms with van der Waals surface area (Å²) in [6, 6.07) is 0. The maximum atomic E-state index is 4.95. The van der Waals surface area contributed by atoms with Crippen LogP contribution in [0.25, 0.3) is 0 Å². The molecule has 0 aromatic heterocycles. The first-order chi connectivity index (χ1) is 8.95. The Kier molecular flexibility index (Phi) is 4.19. The van der Waals surface area contributed by atoms with Gasteiger partial charge in [-0.25, -0.2) is 0 Å². The van der Waals surface area contributed by atoms with Gasteiger partial charge in [-0.3, -0.25) is 5.32 Å². The van der Waals surface area contributed by atoms with Crippen molar-refractivity contribution in [1.29, 1.82) is 0 Å². The van der Waals surface area contributed by atoms with Gasteiger partial charge in [-0.15, -0.1) is 0 Å². The first kappa shape index (κ1) is 14.4. The van der Waals surface area contributed by atoms with E-state index >= 15 is 0 Å². The molecule has 0 heterocycles. The van der Waals surface area contributed by atoms with Crippen molar-refractivity contribution in [3.63, 3.8) is 0 Å². The van der Waals surface area contributed by atoms with Gasteiger partial charge in [0.15, 0.2) is 0 Å². The van der Waals surface area contributed by atoms with E-state index in [1.54, 1.807) is 0 Å². The molecule has 0 aliphatic heterocycles. The lowest BCUT2D eigenvalue weighted by molar-refractivity contribution is 0.729. The molecular weight excluding hydrogens is 298 g/mol. The third kappa shape index (κ3) is 2.64. The molecule has 0 aromatic rings. The number of hydrogen-bond acceptors (Lipinski definition) is 0. The molecule has 0 saturated carbocycles. The van der Waals surface area contributed by atoms with E-state index in [0.717, 1.165) is 12.1 Å². The van der Waals surface area contributed by atoms with Crippen molar-refractivity contribution in [3.05, 3.63) is 56.4 Å². The van der Waals surface area contributed by atoms with Crippen LogP contribution in [0, 0.1) is 5.92 Å². The average Bonchev–Trinajstić information content (AvgIpc) is 2.58. The standard InChI is InChI=1S/C17H21BrN/c1-6-14-9-15(18)7-8-16(14)19-17-12(4)10(2)11(3)13(17)5/h6-8,12H,9H2,1-5H3. The van der Waals surface area contributed by atoms with Crippen LogP contribution >= 0.6 is 15.9 Å². The van der Waals surface area contributed by atoms with Crippen molar-refractivity contribution in [2.24, 2.45) is 5.92 Å². The quantitative estimate of drug-likeness (QED) is 0.650. The minimum Gasteiger partial charge on any atom is -0.252 e. The van der Waals surface area contributed by atoms with E-state index in [1.165, 1.54) is 32.5 Å². The summed E-state index contributed by atoms with van der Waals surface area (Å²) in [7, 11) is 0. The zero-order valence-electron chi connectivity index (χ0n) is 12.3. The van der Waals surface area contributed by atoms with Crippen molar-refractivity contribution in [1.82, 2.24) is 5.32 Å². The molecule has 0 spiro atoms. The topological polar surface area (TPSA) is 14.1 Å². The fourth-order valence-electron chi connectivity index (χ4n) is 2.62. The summed E-state index contributed by atoms with van der Waals surface area (Å²) >= 11 is 3.57. The normalized spacial score (nSPS) is 26.0. The van der Waals surface area contributed by atoms with Crippen LogP contribution in [0.15, 0.2) is 56.4 Å². The van der Waals surface area contributed by atoms with Crippen LogP contribution in [-0.4, -0.2) is 0 Å². The Balaban J connectivity index is 2.29. The van der Waals surface area contributed by atoms with Crippen LogP contribution in [0.1, 0.15) is 41.0 Å². The summed E-state index contributed by atoms with van der Waals surface area (Å²) in [6.07, 6.45) is 7.32. The molecule has 2 aliphatic rings. The summed E-state index contributed by atoms with van der Waals surface area (Å²) in [5.74, 6) is 0.438. The van der Waals surface area contributed by atoms with E-state index in [0.29, 0.717) is 5.92 Å². The molecule has 0 aromatic carbocycles. The summed E-state index contributed by atoms with van der Waals surface area (Å²) < 4.78 is 1.22. The number of halogens is 1. The minimum absolute atomic E-state index is 0.438. The molecule has 0 amide bonds. The number of nitrogens with zero attached hydrogens (tertiary/aromatic N) is 1. The molecule has 0 N–H and O–H groups in total. The molecular formula is C17H21BrN. The molecule has 1 atom stereocenters. The first-order valence-corrected chi connectivity index (χ1v) is 7.57. The zero-order chi connectivity index (χ0) is 14.2. The third-order valence-electron chi connectivity index (χ3n) is 4.30. The minimum atomic E-state index is 0.438. The molecule has 2 heteroatoms. The maximum Gasteiger partial charge on any atom is 0.0665 e. The summed E-state index contributed by atoms with van der Waals surface area (Å²) in [4.78, 5) is 0. The SMILES string of the molecule is CC=C1CC(Br)=CC=C1[N]C1=C(C)C(C)=C(C)C1C. The molecule has 19 heavy (non-hydrogen) atoms. The van der Waals surface area contributed by atoms with Crippen LogP contribution < -0.4 is 5.32 Å². The van der Waals surface area contributed by atoms with Crippen LogP contribution in [-0.2, 0) is 0 Å². The summed E-state index contributed by atoms with van der Waals surface area (Å²) in [6.45, 7) is 10.9. The lowest BCUT2D eigenvalue weighted by Gasteiger charge is -2.19. The van der Waals surface area contributed by atoms with Crippen molar-refractivity contribution in [2.45, 2.75) is 41.0 Å². The third-order valence-corrected chi connectivity index (χ3v) is 4.84. The molecule has 101 valence electrons. The van der Waals surface area contributed by atoms with E-state index in [9.17, 15) is 0 Å². The van der Waals surface area contributed by atoms with Gasteiger partial charge in [0.25, 0.3) is 0 Å². The van der Waals surface area contributed by atoms with E-state index in [-0.39, 0.29) is 0 Å².